The lowest BCUT2D eigenvalue weighted by atomic mass is 9.99. The number of nitrogens with zero attached hydrogens (tertiary/aromatic N) is 6. The van der Waals surface area contributed by atoms with Crippen molar-refractivity contribution in [2.45, 2.75) is 39.8 Å². The number of fused-ring (bicyclic) bond motifs is 1. The molecule has 3 aromatic rings. The van der Waals surface area contributed by atoms with Crippen LogP contribution in [0.3, 0.4) is 0 Å². The number of likely N-dealkylation sites (N-methyl/N-ethyl adjacent to an activating group) is 1. The molecule has 0 aliphatic carbocycles. The van der Waals surface area contributed by atoms with E-state index >= 15 is 0 Å². The lowest BCUT2D eigenvalue weighted by Gasteiger charge is -2.28. The van der Waals surface area contributed by atoms with Gasteiger partial charge < -0.3 is 15.1 Å². The van der Waals surface area contributed by atoms with Crippen LogP contribution in [0, 0.1) is 6.92 Å². The van der Waals surface area contributed by atoms with E-state index in [1.54, 1.807) is 6.08 Å². The maximum Gasteiger partial charge on any atom is 0.246 e. The predicted octanol–water partition coefficient (Wildman–Crippen LogP) is 3.98. The van der Waals surface area contributed by atoms with Gasteiger partial charge in [0.1, 0.15) is 0 Å². The Morgan fingerprint density at radius 3 is 2.79 bits per heavy atom. The molecule has 0 bridgehead atoms. The largest absolute Gasteiger partial charge is 0.335 e. The minimum atomic E-state index is 0.0658. The Morgan fingerprint density at radius 2 is 2.06 bits per heavy atom. The molecule has 0 saturated heterocycles. The average molecular weight is 460 g/mol. The van der Waals surface area contributed by atoms with Gasteiger partial charge in [0.15, 0.2) is 0 Å². The standard InChI is InChI=1S/C26H33N7O/c1-18(2)33-17-22(15-28-33)25-19(3)14-27-26(30-25)29-23-9-8-21-16-32(12-10-20(21)13-23)24(34)7-6-11-31(4)5/h6-9,13-15,17-18H,10-12,16H2,1-5H3,(H,27,29,30)/b7-6+. The third-order valence-corrected chi connectivity index (χ3v) is 5.89. The van der Waals surface area contributed by atoms with Gasteiger partial charge in [-0.1, -0.05) is 12.1 Å². The van der Waals surface area contributed by atoms with Gasteiger partial charge >= 0.3 is 0 Å². The van der Waals surface area contributed by atoms with Crippen LogP contribution >= 0.6 is 0 Å². The van der Waals surface area contributed by atoms with E-state index in [1.165, 1.54) is 11.1 Å². The van der Waals surface area contributed by atoms with E-state index in [0.29, 0.717) is 25.1 Å². The van der Waals surface area contributed by atoms with Crippen molar-refractivity contribution < 1.29 is 4.79 Å². The molecule has 8 heteroatoms. The fourth-order valence-corrected chi connectivity index (χ4v) is 3.95. The van der Waals surface area contributed by atoms with Crippen LogP contribution in [0.5, 0.6) is 0 Å². The summed E-state index contributed by atoms with van der Waals surface area (Å²) in [7, 11) is 3.97. The number of aryl methyl sites for hydroxylation is 1. The van der Waals surface area contributed by atoms with Crippen molar-refractivity contribution in [3.8, 4) is 11.3 Å². The van der Waals surface area contributed by atoms with Gasteiger partial charge in [0.2, 0.25) is 11.9 Å². The van der Waals surface area contributed by atoms with E-state index in [-0.39, 0.29) is 5.91 Å². The van der Waals surface area contributed by atoms with Gasteiger partial charge in [-0.25, -0.2) is 9.97 Å². The van der Waals surface area contributed by atoms with E-state index in [1.807, 2.05) is 66.2 Å². The van der Waals surface area contributed by atoms with Gasteiger partial charge in [-0.15, -0.1) is 0 Å². The fourth-order valence-electron chi connectivity index (χ4n) is 3.95. The monoisotopic (exact) mass is 459 g/mol. The molecule has 1 aliphatic rings. The van der Waals surface area contributed by atoms with Crippen LogP contribution in [0.25, 0.3) is 11.3 Å². The maximum absolute atomic E-state index is 12.5. The van der Waals surface area contributed by atoms with Gasteiger partial charge in [-0.2, -0.15) is 5.10 Å². The maximum atomic E-state index is 12.5. The molecule has 0 spiro atoms. The zero-order chi connectivity index (χ0) is 24.2. The van der Waals surface area contributed by atoms with Gasteiger partial charge in [0.25, 0.3) is 0 Å². The molecule has 1 N–H and O–H groups in total. The Kier molecular flexibility index (Phi) is 7.07. The number of aromatic nitrogens is 4. The fraction of sp³-hybridized carbons (Fsp3) is 0.385. The second-order valence-electron chi connectivity index (χ2n) is 9.31. The van der Waals surface area contributed by atoms with Crippen LogP contribution in [0.1, 0.15) is 36.6 Å². The number of anilines is 2. The summed E-state index contributed by atoms with van der Waals surface area (Å²) >= 11 is 0. The Morgan fingerprint density at radius 1 is 1.24 bits per heavy atom. The van der Waals surface area contributed by atoms with Crippen molar-refractivity contribution in [2.24, 2.45) is 0 Å². The summed E-state index contributed by atoms with van der Waals surface area (Å²) in [5, 5.41) is 7.79. The summed E-state index contributed by atoms with van der Waals surface area (Å²) in [4.78, 5) is 25.7. The number of carbonyl (C=O) groups excluding carboxylic acids is 1. The first-order chi connectivity index (χ1) is 16.3. The number of hydrogen-bond acceptors (Lipinski definition) is 6. The first-order valence-electron chi connectivity index (χ1n) is 11.7. The summed E-state index contributed by atoms with van der Waals surface area (Å²) in [5.41, 5.74) is 6.22. The first-order valence-corrected chi connectivity index (χ1v) is 11.7. The van der Waals surface area contributed by atoms with E-state index in [2.05, 4.69) is 41.4 Å². The SMILES string of the molecule is Cc1cnc(Nc2ccc3c(c2)CCN(C(=O)/C=C/CN(C)C)C3)nc1-c1cnn(C(C)C)c1. The molecule has 0 fully saturated rings. The molecule has 1 aromatic carbocycles. The highest BCUT2D eigenvalue weighted by molar-refractivity contribution is 5.87. The Hall–Kier alpha value is -3.52. The third-order valence-electron chi connectivity index (χ3n) is 5.89. The molecule has 0 radical (unpaired) electrons. The number of hydrogen-bond donors (Lipinski definition) is 1. The Balaban J connectivity index is 1.46. The van der Waals surface area contributed by atoms with E-state index in [9.17, 15) is 4.79 Å². The second-order valence-corrected chi connectivity index (χ2v) is 9.31. The molecule has 0 saturated carbocycles. The highest BCUT2D eigenvalue weighted by Gasteiger charge is 2.19. The van der Waals surface area contributed by atoms with Gasteiger partial charge in [-0.05, 0) is 70.1 Å². The van der Waals surface area contributed by atoms with E-state index < -0.39 is 0 Å². The smallest absolute Gasteiger partial charge is 0.246 e. The molecule has 2 aromatic heterocycles. The molecule has 8 nitrogen and oxygen atoms in total. The van der Waals surface area contributed by atoms with Crippen LogP contribution in [-0.2, 0) is 17.8 Å². The molecule has 0 atom stereocenters. The van der Waals surface area contributed by atoms with E-state index in [0.717, 1.165) is 35.5 Å². The lowest BCUT2D eigenvalue weighted by molar-refractivity contribution is -0.126. The van der Waals surface area contributed by atoms with Crippen LogP contribution in [0.2, 0.25) is 0 Å². The number of nitrogens with one attached hydrogen (secondary N) is 1. The highest BCUT2D eigenvalue weighted by Crippen LogP contribution is 2.26. The zero-order valence-corrected chi connectivity index (χ0v) is 20.6. The number of rotatable bonds is 7. The highest BCUT2D eigenvalue weighted by atomic mass is 16.2. The van der Waals surface area contributed by atoms with Crippen LogP contribution in [0.15, 0.2) is 48.9 Å². The van der Waals surface area contributed by atoms with Crippen molar-refractivity contribution >= 4 is 17.5 Å². The summed E-state index contributed by atoms with van der Waals surface area (Å²) in [6.45, 7) is 8.31. The molecule has 4 rings (SSSR count). The molecule has 3 heterocycles. The quantitative estimate of drug-likeness (QED) is 0.539. The van der Waals surface area contributed by atoms with Crippen molar-refractivity contribution in [1.29, 1.82) is 0 Å². The lowest BCUT2D eigenvalue weighted by Crippen LogP contribution is -2.35. The van der Waals surface area contributed by atoms with Crippen molar-refractivity contribution in [1.82, 2.24) is 29.5 Å². The second kappa shape index (κ2) is 10.2. The molecule has 178 valence electrons. The van der Waals surface area contributed by atoms with Crippen molar-refractivity contribution in [3.05, 3.63) is 65.6 Å². The number of amides is 1. The Labute approximate surface area is 201 Å². The van der Waals surface area contributed by atoms with Crippen molar-refractivity contribution in [3.63, 3.8) is 0 Å². The average Bonchev–Trinajstić information content (AvgIpc) is 3.30. The molecule has 34 heavy (non-hydrogen) atoms. The molecule has 1 aliphatic heterocycles. The first kappa shape index (κ1) is 23.6. The van der Waals surface area contributed by atoms with Crippen molar-refractivity contribution in [2.75, 3.05) is 32.5 Å². The summed E-state index contributed by atoms with van der Waals surface area (Å²) in [6, 6.07) is 6.54. The van der Waals surface area contributed by atoms with E-state index in [4.69, 9.17) is 4.98 Å². The molecular formula is C26H33N7O. The topological polar surface area (TPSA) is 79.2 Å². The minimum Gasteiger partial charge on any atom is -0.335 e. The predicted molar refractivity (Wildman–Crippen MR) is 135 cm³/mol. The summed E-state index contributed by atoms with van der Waals surface area (Å²) in [6.07, 6.45) is 10.1. The molecule has 0 unspecified atom stereocenters. The third kappa shape index (κ3) is 5.51. The van der Waals surface area contributed by atoms with Crippen LogP contribution in [-0.4, -0.2) is 62.6 Å². The van der Waals surface area contributed by atoms with Gasteiger partial charge in [0.05, 0.1) is 11.9 Å². The Bertz CT molecular complexity index is 1200. The van der Waals surface area contributed by atoms with Crippen LogP contribution in [0.4, 0.5) is 11.6 Å². The molecular weight excluding hydrogens is 426 g/mol. The summed E-state index contributed by atoms with van der Waals surface area (Å²) < 4.78 is 1.93. The normalized spacial score (nSPS) is 13.7. The van der Waals surface area contributed by atoms with Crippen LogP contribution < -0.4 is 5.32 Å². The minimum absolute atomic E-state index is 0.0658. The van der Waals surface area contributed by atoms with Gasteiger partial charge in [0, 0.05) is 55.4 Å². The zero-order valence-electron chi connectivity index (χ0n) is 20.6. The number of benzene rings is 1. The number of carbonyl (C=O) groups is 1. The summed E-state index contributed by atoms with van der Waals surface area (Å²) in [5.74, 6) is 0.618. The molecule has 1 amide bonds. The van der Waals surface area contributed by atoms with Gasteiger partial charge in [-0.3, -0.25) is 9.48 Å².